The van der Waals surface area contributed by atoms with Crippen molar-refractivity contribution in [3.8, 4) is 0 Å². The molecule has 1 aromatic rings. The summed E-state index contributed by atoms with van der Waals surface area (Å²) in [6.07, 6.45) is -2.99. The Kier molecular flexibility index (Phi) is 4.05. The van der Waals surface area contributed by atoms with Crippen LogP contribution in [0.2, 0.25) is 0 Å². The second kappa shape index (κ2) is 5.82. The highest BCUT2D eigenvalue weighted by Crippen LogP contribution is 2.36. The molecule has 21 heavy (non-hydrogen) atoms. The molecule has 3 rings (SSSR count). The van der Waals surface area contributed by atoms with Gasteiger partial charge in [0.15, 0.2) is 5.16 Å². The van der Waals surface area contributed by atoms with Gasteiger partial charge < -0.3 is 14.7 Å². The molecule has 0 aromatic carbocycles. The van der Waals surface area contributed by atoms with Gasteiger partial charge in [-0.05, 0) is 13.0 Å². The zero-order chi connectivity index (χ0) is 15.0. The van der Waals surface area contributed by atoms with Crippen LogP contribution in [0.5, 0.6) is 0 Å². The van der Waals surface area contributed by atoms with E-state index in [1.165, 1.54) is 17.8 Å². The molecule has 1 N–H and O–H groups in total. The van der Waals surface area contributed by atoms with Crippen LogP contribution in [0.1, 0.15) is 24.2 Å². The van der Waals surface area contributed by atoms with Crippen molar-refractivity contribution < 1.29 is 23.5 Å². The fourth-order valence-electron chi connectivity index (χ4n) is 2.29. The normalized spacial score (nSPS) is 30.3. The molecule has 114 valence electrons. The smallest absolute Gasteiger partial charge is 0.280 e. The van der Waals surface area contributed by atoms with Crippen LogP contribution >= 0.6 is 11.8 Å². The summed E-state index contributed by atoms with van der Waals surface area (Å²) in [4.78, 5) is 8.03. The van der Waals surface area contributed by atoms with Crippen LogP contribution in [0.15, 0.2) is 16.4 Å². The average molecular weight is 317 g/mol. The third-order valence-corrected chi connectivity index (χ3v) is 4.44. The van der Waals surface area contributed by atoms with Crippen molar-refractivity contribution in [3.63, 3.8) is 0 Å². The highest BCUT2D eigenvalue weighted by Gasteiger charge is 2.43. The number of fused-ring (bicyclic) bond motifs is 2. The SMILES string of the molecule is Cc1cc(C(F)F)nc(S[C@H]2C/C(=N\O)[C@@H]3OC[C@H]2O3)n1. The van der Waals surface area contributed by atoms with E-state index in [2.05, 4.69) is 15.1 Å². The Morgan fingerprint density at radius 3 is 3.00 bits per heavy atom. The monoisotopic (exact) mass is 317 g/mol. The summed E-state index contributed by atoms with van der Waals surface area (Å²) >= 11 is 1.24. The van der Waals surface area contributed by atoms with E-state index < -0.39 is 12.7 Å². The molecule has 2 fully saturated rings. The molecule has 0 aliphatic carbocycles. The maximum absolute atomic E-state index is 12.8. The summed E-state index contributed by atoms with van der Waals surface area (Å²) < 4.78 is 36.5. The van der Waals surface area contributed by atoms with Crippen molar-refractivity contribution in [2.75, 3.05) is 6.61 Å². The number of aromatic nitrogens is 2. The molecule has 2 aliphatic rings. The molecule has 0 amide bonds. The summed E-state index contributed by atoms with van der Waals surface area (Å²) in [5.74, 6) is 0. The number of aryl methyl sites for hydroxylation is 1. The zero-order valence-corrected chi connectivity index (χ0v) is 11.9. The van der Waals surface area contributed by atoms with Crippen LogP contribution in [0, 0.1) is 6.92 Å². The van der Waals surface area contributed by atoms with E-state index in [1.54, 1.807) is 6.92 Å². The molecular formula is C12H13F2N3O3S. The molecular weight excluding hydrogens is 304 g/mol. The first-order valence-electron chi connectivity index (χ1n) is 6.35. The lowest BCUT2D eigenvalue weighted by Gasteiger charge is -2.26. The van der Waals surface area contributed by atoms with E-state index in [9.17, 15) is 8.78 Å². The number of halogens is 2. The largest absolute Gasteiger partial charge is 0.411 e. The van der Waals surface area contributed by atoms with E-state index in [-0.39, 0.29) is 22.2 Å². The Balaban J connectivity index is 1.80. The number of rotatable bonds is 3. The topological polar surface area (TPSA) is 76.8 Å². The van der Waals surface area contributed by atoms with Crippen molar-refractivity contribution >= 4 is 17.5 Å². The third-order valence-electron chi connectivity index (χ3n) is 3.27. The number of hydrogen-bond acceptors (Lipinski definition) is 7. The van der Waals surface area contributed by atoms with Crippen molar-refractivity contribution in [1.29, 1.82) is 0 Å². The summed E-state index contributed by atoms with van der Waals surface area (Å²) in [5, 5.41) is 12.2. The van der Waals surface area contributed by atoms with Crippen LogP contribution < -0.4 is 0 Å². The number of alkyl halides is 2. The molecule has 0 unspecified atom stereocenters. The quantitative estimate of drug-likeness (QED) is 0.523. The molecule has 3 heterocycles. The molecule has 2 bridgehead atoms. The predicted octanol–water partition coefficient (Wildman–Crippen LogP) is 2.16. The minimum atomic E-state index is -2.64. The minimum Gasteiger partial charge on any atom is -0.411 e. The van der Waals surface area contributed by atoms with Crippen LogP contribution in [0.3, 0.4) is 0 Å². The molecule has 2 aliphatic heterocycles. The van der Waals surface area contributed by atoms with Gasteiger partial charge in [-0.1, -0.05) is 16.9 Å². The fourth-order valence-corrected chi connectivity index (χ4v) is 3.47. The third kappa shape index (κ3) is 2.99. The summed E-state index contributed by atoms with van der Waals surface area (Å²) in [6.45, 7) is 2.01. The van der Waals surface area contributed by atoms with E-state index in [1.807, 2.05) is 0 Å². The van der Waals surface area contributed by atoms with Crippen molar-refractivity contribution in [2.45, 2.75) is 42.6 Å². The van der Waals surface area contributed by atoms with Crippen LogP contribution in [0.4, 0.5) is 8.78 Å². The minimum absolute atomic E-state index is 0.137. The van der Waals surface area contributed by atoms with Gasteiger partial charge in [0.1, 0.15) is 11.4 Å². The van der Waals surface area contributed by atoms with Gasteiger partial charge in [-0.25, -0.2) is 18.7 Å². The Morgan fingerprint density at radius 1 is 1.48 bits per heavy atom. The fraction of sp³-hybridized carbons (Fsp3) is 0.583. The van der Waals surface area contributed by atoms with Gasteiger partial charge in [0, 0.05) is 17.4 Å². The van der Waals surface area contributed by atoms with Crippen molar-refractivity contribution in [3.05, 3.63) is 17.5 Å². The molecule has 2 saturated heterocycles. The Bertz CT molecular complexity index is 573. The average Bonchev–Trinajstić information content (AvgIpc) is 2.86. The lowest BCUT2D eigenvalue weighted by molar-refractivity contribution is -0.0169. The van der Waals surface area contributed by atoms with Gasteiger partial charge in [0.25, 0.3) is 6.43 Å². The first kappa shape index (κ1) is 14.6. The van der Waals surface area contributed by atoms with E-state index in [0.717, 1.165) is 0 Å². The lowest BCUT2D eigenvalue weighted by Crippen LogP contribution is -2.37. The van der Waals surface area contributed by atoms with E-state index >= 15 is 0 Å². The molecule has 3 atom stereocenters. The number of oxime groups is 1. The van der Waals surface area contributed by atoms with Crippen molar-refractivity contribution in [2.24, 2.45) is 5.16 Å². The molecule has 0 spiro atoms. The lowest BCUT2D eigenvalue weighted by atomic mass is 10.1. The Labute approximate surface area is 123 Å². The van der Waals surface area contributed by atoms with Gasteiger partial charge >= 0.3 is 0 Å². The Morgan fingerprint density at radius 2 is 2.29 bits per heavy atom. The second-order valence-corrected chi connectivity index (χ2v) is 6.02. The maximum Gasteiger partial charge on any atom is 0.280 e. The van der Waals surface area contributed by atoms with Gasteiger partial charge in [-0.15, -0.1) is 0 Å². The van der Waals surface area contributed by atoms with Crippen LogP contribution in [0.25, 0.3) is 0 Å². The number of hydrogen-bond donors (Lipinski definition) is 1. The highest BCUT2D eigenvalue weighted by molar-refractivity contribution is 7.99. The maximum atomic E-state index is 12.8. The number of thioether (sulfide) groups is 1. The zero-order valence-electron chi connectivity index (χ0n) is 11.1. The van der Waals surface area contributed by atoms with Gasteiger partial charge in [0.05, 0.1) is 12.7 Å². The standard InChI is InChI=1S/C12H13F2N3O3S/c1-5-2-6(10(13)14)16-12(15-5)21-9-3-7(17-18)11-19-4-8(9)20-11/h2,8-11,18H,3-4H2,1H3/b17-7+/t8-,9+,11-/m1/s1. The molecule has 1 aromatic heterocycles. The predicted molar refractivity (Wildman–Crippen MR) is 69.8 cm³/mol. The number of nitrogens with zero attached hydrogens (tertiary/aromatic N) is 3. The summed E-state index contributed by atoms with van der Waals surface area (Å²) in [6, 6.07) is 1.27. The summed E-state index contributed by atoms with van der Waals surface area (Å²) in [7, 11) is 0. The van der Waals surface area contributed by atoms with Crippen LogP contribution in [-0.2, 0) is 9.47 Å². The van der Waals surface area contributed by atoms with E-state index in [4.69, 9.17) is 14.7 Å². The first-order valence-corrected chi connectivity index (χ1v) is 7.23. The molecule has 0 radical (unpaired) electrons. The molecule has 9 heteroatoms. The van der Waals surface area contributed by atoms with Crippen LogP contribution in [-0.4, -0.2) is 45.1 Å². The Hall–Kier alpha value is -1.32. The highest BCUT2D eigenvalue weighted by atomic mass is 32.2. The van der Waals surface area contributed by atoms with E-state index in [0.29, 0.717) is 24.4 Å². The second-order valence-electron chi connectivity index (χ2n) is 4.81. The first-order chi connectivity index (χ1) is 10.1. The summed E-state index contributed by atoms with van der Waals surface area (Å²) in [5.41, 5.74) is 0.581. The van der Waals surface area contributed by atoms with Gasteiger partial charge in [-0.3, -0.25) is 0 Å². The van der Waals surface area contributed by atoms with Gasteiger partial charge in [-0.2, -0.15) is 0 Å². The number of ether oxygens (including phenoxy) is 2. The molecule has 0 saturated carbocycles. The van der Waals surface area contributed by atoms with Gasteiger partial charge in [0.2, 0.25) is 6.29 Å². The molecule has 6 nitrogen and oxygen atoms in total. The van der Waals surface area contributed by atoms with Crippen molar-refractivity contribution in [1.82, 2.24) is 9.97 Å².